The lowest BCUT2D eigenvalue weighted by molar-refractivity contribution is 0.291. The molecule has 27 heavy (non-hydrogen) atoms. The molecule has 0 spiro atoms. The molecule has 0 radical (unpaired) electrons. The summed E-state index contributed by atoms with van der Waals surface area (Å²) < 4.78 is 7.83. The van der Waals surface area contributed by atoms with Crippen LogP contribution in [-0.2, 0) is 11.9 Å². The van der Waals surface area contributed by atoms with Crippen LogP contribution in [0.5, 0.6) is 5.75 Å². The summed E-state index contributed by atoms with van der Waals surface area (Å²) in [7, 11) is 3.14. The maximum Gasteiger partial charge on any atom is 0.368 e. The van der Waals surface area contributed by atoms with Crippen LogP contribution in [-0.4, -0.2) is 26.9 Å². The number of hydrogen-bond acceptors (Lipinski definition) is 6. The van der Waals surface area contributed by atoms with Gasteiger partial charge >= 0.3 is 5.69 Å². The molecular weight excluding hydrogens is 346 g/mol. The van der Waals surface area contributed by atoms with Crippen LogP contribution in [0.3, 0.4) is 0 Å². The zero-order valence-corrected chi connectivity index (χ0v) is 15.6. The van der Waals surface area contributed by atoms with E-state index in [4.69, 9.17) is 15.5 Å². The van der Waals surface area contributed by atoms with Gasteiger partial charge in [0.2, 0.25) is 0 Å². The van der Waals surface area contributed by atoms with Gasteiger partial charge in [0.05, 0.1) is 12.8 Å². The third-order valence-electron chi connectivity index (χ3n) is 4.40. The van der Waals surface area contributed by atoms with Gasteiger partial charge in [-0.15, -0.1) is 0 Å². The van der Waals surface area contributed by atoms with Gasteiger partial charge in [-0.3, -0.25) is 0 Å². The van der Waals surface area contributed by atoms with Gasteiger partial charge in [-0.05, 0) is 42.0 Å². The lowest BCUT2D eigenvalue weighted by atomic mass is 9.97. The molecule has 3 aromatic rings. The van der Waals surface area contributed by atoms with E-state index >= 15 is 0 Å². The van der Waals surface area contributed by atoms with Crippen molar-refractivity contribution in [2.75, 3.05) is 7.11 Å². The molecular formula is C19H21N5O3. The summed E-state index contributed by atoms with van der Waals surface area (Å²) in [6.45, 7) is 3.80. The highest BCUT2D eigenvalue weighted by molar-refractivity contribution is 5.91. The number of nitrogens with zero attached hydrogens (tertiary/aromatic N) is 4. The Morgan fingerprint density at radius 3 is 2.48 bits per heavy atom. The number of hydrogen-bond donors (Lipinski definition) is 1. The van der Waals surface area contributed by atoms with Crippen molar-refractivity contribution >= 4 is 11.3 Å². The third kappa shape index (κ3) is 3.22. The highest BCUT2D eigenvalue weighted by Gasteiger charge is 2.21. The lowest BCUT2D eigenvalue weighted by Gasteiger charge is -2.17. The van der Waals surface area contributed by atoms with E-state index in [1.54, 1.807) is 13.2 Å². The van der Waals surface area contributed by atoms with E-state index in [1.807, 2.05) is 50.2 Å². The Balaban J connectivity index is 2.31. The number of para-hydroxylation sites is 1. The van der Waals surface area contributed by atoms with Gasteiger partial charge in [0, 0.05) is 23.7 Å². The number of rotatable bonds is 5. The molecule has 0 saturated heterocycles. The van der Waals surface area contributed by atoms with E-state index in [-0.39, 0.29) is 5.69 Å². The molecule has 8 nitrogen and oxygen atoms in total. The van der Waals surface area contributed by atoms with Crippen molar-refractivity contribution in [1.82, 2.24) is 19.8 Å². The van der Waals surface area contributed by atoms with E-state index in [1.165, 1.54) is 11.7 Å². The summed E-state index contributed by atoms with van der Waals surface area (Å²) in [4.78, 5) is 17.7. The standard InChI is InChI=1S/C19H21N5O3/c1-12-8-7-10-15(24-19(25)23(3)21-22-24)17(12)18(27-20)13(2)14-9-5-6-11-16(14)26-4/h5-11H,20H2,1-4H3/b18-13+. The van der Waals surface area contributed by atoms with Crippen molar-refractivity contribution in [2.24, 2.45) is 12.9 Å². The molecule has 8 heteroatoms. The number of allylic oxidation sites excluding steroid dienone is 1. The zero-order valence-electron chi connectivity index (χ0n) is 15.6. The van der Waals surface area contributed by atoms with Crippen molar-refractivity contribution in [2.45, 2.75) is 13.8 Å². The quantitative estimate of drug-likeness (QED) is 0.421. The molecule has 0 aliphatic heterocycles. The Morgan fingerprint density at radius 1 is 1.11 bits per heavy atom. The monoisotopic (exact) mass is 367 g/mol. The van der Waals surface area contributed by atoms with E-state index in [0.717, 1.165) is 21.4 Å². The second-order valence-corrected chi connectivity index (χ2v) is 6.04. The first-order chi connectivity index (χ1) is 13.0. The summed E-state index contributed by atoms with van der Waals surface area (Å²) in [6.07, 6.45) is 0. The molecule has 0 atom stereocenters. The Hall–Kier alpha value is -3.39. The van der Waals surface area contributed by atoms with Crippen LogP contribution in [0.4, 0.5) is 0 Å². The van der Waals surface area contributed by atoms with Crippen LogP contribution in [0.15, 0.2) is 47.3 Å². The summed E-state index contributed by atoms with van der Waals surface area (Å²) in [6, 6.07) is 13.1. The highest BCUT2D eigenvalue weighted by atomic mass is 16.6. The van der Waals surface area contributed by atoms with Crippen LogP contribution in [0.25, 0.3) is 17.0 Å². The largest absolute Gasteiger partial charge is 0.496 e. The van der Waals surface area contributed by atoms with Gasteiger partial charge in [0.1, 0.15) is 5.75 Å². The second-order valence-electron chi connectivity index (χ2n) is 6.04. The number of tetrazole rings is 1. The minimum Gasteiger partial charge on any atom is -0.496 e. The van der Waals surface area contributed by atoms with Gasteiger partial charge in [-0.2, -0.15) is 15.3 Å². The van der Waals surface area contributed by atoms with Crippen LogP contribution in [0, 0.1) is 6.92 Å². The van der Waals surface area contributed by atoms with Gasteiger partial charge in [0.25, 0.3) is 0 Å². The molecule has 0 saturated carbocycles. The van der Waals surface area contributed by atoms with Gasteiger partial charge < -0.3 is 9.57 Å². The Labute approximate surface area is 156 Å². The van der Waals surface area contributed by atoms with E-state index in [9.17, 15) is 4.79 Å². The molecule has 2 aromatic carbocycles. The first kappa shape index (κ1) is 18.4. The topological polar surface area (TPSA) is 97.2 Å². The highest BCUT2D eigenvalue weighted by Crippen LogP contribution is 2.35. The number of nitrogens with two attached hydrogens (primary N) is 1. The predicted octanol–water partition coefficient (Wildman–Crippen LogP) is 2.06. The molecule has 1 heterocycles. The molecule has 0 bridgehead atoms. The predicted molar refractivity (Wildman–Crippen MR) is 102 cm³/mol. The fourth-order valence-electron chi connectivity index (χ4n) is 3.00. The van der Waals surface area contributed by atoms with Gasteiger partial charge in [-0.1, -0.05) is 30.3 Å². The Kier molecular flexibility index (Phi) is 5.09. The van der Waals surface area contributed by atoms with Crippen molar-refractivity contribution in [3.63, 3.8) is 0 Å². The maximum atomic E-state index is 12.4. The average molecular weight is 367 g/mol. The first-order valence-electron chi connectivity index (χ1n) is 8.30. The zero-order chi connectivity index (χ0) is 19.6. The SMILES string of the molecule is COc1ccccc1/C(C)=C(/ON)c1c(C)cccc1-n1nnn(C)c1=O. The maximum absolute atomic E-state index is 12.4. The Morgan fingerprint density at radius 2 is 1.85 bits per heavy atom. The van der Waals surface area contributed by atoms with Crippen molar-refractivity contribution in [3.8, 4) is 11.4 Å². The smallest absolute Gasteiger partial charge is 0.368 e. The van der Waals surface area contributed by atoms with E-state index in [2.05, 4.69) is 10.4 Å². The van der Waals surface area contributed by atoms with E-state index in [0.29, 0.717) is 22.8 Å². The fraction of sp³-hybridized carbons (Fsp3) is 0.211. The molecule has 0 aliphatic carbocycles. The Bertz CT molecular complexity index is 1070. The van der Waals surface area contributed by atoms with E-state index < -0.39 is 0 Å². The minimum atomic E-state index is -0.367. The summed E-state index contributed by atoms with van der Waals surface area (Å²) in [5.74, 6) is 6.78. The first-order valence-corrected chi connectivity index (χ1v) is 8.30. The normalized spacial score (nSPS) is 11.9. The summed E-state index contributed by atoms with van der Waals surface area (Å²) in [5, 5.41) is 7.73. The number of methoxy groups -OCH3 is 1. The van der Waals surface area contributed by atoms with Crippen molar-refractivity contribution < 1.29 is 9.57 Å². The van der Waals surface area contributed by atoms with Crippen LogP contribution < -0.4 is 16.3 Å². The van der Waals surface area contributed by atoms with Crippen molar-refractivity contribution in [1.29, 1.82) is 0 Å². The number of benzene rings is 2. The number of aromatic nitrogens is 4. The molecule has 3 rings (SSSR count). The second kappa shape index (κ2) is 7.46. The molecule has 0 fully saturated rings. The van der Waals surface area contributed by atoms with Crippen molar-refractivity contribution in [3.05, 3.63) is 69.6 Å². The molecule has 1 aromatic heterocycles. The molecule has 140 valence electrons. The molecule has 2 N–H and O–H groups in total. The average Bonchev–Trinajstić information content (AvgIpc) is 3.02. The van der Waals surface area contributed by atoms with Crippen LogP contribution in [0.2, 0.25) is 0 Å². The molecule has 0 amide bonds. The van der Waals surface area contributed by atoms with Crippen LogP contribution in [0.1, 0.15) is 23.6 Å². The summed E-state index contributed by atoms with van der Waals surface area (Å²) >= 11 is 0. The molecule has 0 aliphatic rings. The fourth-order valence-corrected chi connectivity index (χ4v) is 3.00. The van der Waals surface area contributed by atoms with Crippen LogP contribution >= 0.6 is 0 Å². The number of aryl methyl sites for hydroxylation is 2. The van der Waals surface area contributed by atoms with Gasteiger partial charge in [0.15, 0.2) is 5.76 Å². The lowest BCUT2D eigenvalue weighted by Crippen LogP contribution is -2.23. The molecule has 0 unspecified atom stereocenters. The summed E-state index contributed by atoms with van der Waals surface area (Å²) in [5.41, 5.74) is 3.30. The van der Waals surface area contributed by atoms with Gasteiger partial charge in [-0.25, -0.2) is 4.79 Å². The minimum absolute atomic E-state index is 0.367. The third-order valence-corrected chi connectivity index (χ3v) is 4.40. The number of ether oxygens (including phenoxy) is 1.